The highest BCUT2D eigenvalue weighted by Gasteiger charge is 2.12. The first-order valence-corrected chi connectivity index (χ1v) is 8.67. The predicted molar refractivity (Wildman–Crippen MR) is 81.0 cm³/mol. The maximum atomic E-state index is 11.9. The summed E-state index contributed by atoms with van der Waals surface area (Å²) in [4.78, 5) is 12.6. The number of hydrogen-bond donors (Lipinski definition) is 2. The minimum Gasteiger partial charge on any atom is -0.347 e. The van der Waals surface area contributed by atoms with E-state index in [2.05, 4.69) is 21.2 Å². The molecule has 0 bridgehead atoms. The standard InChI is InChI=1S/C12H11BrN2O3S2/c13-9-3-1-8(2-4-9)12(16)15-7-10-5-6-11(19-10)20(14,17)18/h1-6H,7H2,(H,15,16)(H2,14,17,18). The highest BCUT2D eigenvalue weighted by Crippen LogP contribution is 2.20. The van der Waals surface area contributed by atoms with Gasteiger partial charge in [-0.3, -0.25) is 4.79 Å². The van der Waals surface area contributed by atoms with Gasteiger partial charge in [-0.15, -0.1) is 11.3 Å². The van der Waals surface area contributed by atoms with Gasteiger partial charge in [0, 0.05) is 14.9 Å². The summed E-state index contributed by atoms with van der Waals surface area (Å²) in [5.41, 5.74) is 0.538. The number of amides is 1. The fourth-order valence-electron chi connectivity index (χ4n) is 1.48. The molecule has 0 radical (unpaired) electrons. The molecule has 0 fully saturated rings. The minimum absolute atomic E-state index is 0.0883. The van der Waals surface area contributed by atoms with Crippen LogP contribution in [0.15, 0.2) is 45.1 Å². The summed E-state index contributed by atoms with van der Waals surface area (Å²) < 4.78 is 23.3. The summed E-state index contributed by atoms with van der Waals surface area (Å²) in [6, 6.07) is 10.0. The molecule has 1 heterocycles. The lowest BCUT2D eigenvalue weighted by molar-refractivity contribution is 0.0951. The van der Waals surface area contributed by atoms with Crippen molar-refractivity contribution in [2.24, 2.45) is 5.14 Å². The Morgan fingerprint density at radius 3 is 2.40 bits per heavy atom. The van der Waals surface area contributed by atoms with Crippen LogP contribution >= 0.6 is 27.3 Å². The maximum absolute atomic E-state index is 11.9. The molecule has 0 spiro atoms. The highest BCUT2D eigenvalue weighted by atomic mass is 79.9. The molecule has 0 aliphatic heterocycles. The number of nitrogens with two attached hydrogens (primary N) is 1. The van der Waals surface area contributed by atoms with E-state index in [1.807, 2.05) is 0 Å². The Balaban J connectivity index is 2.00. The molecule has 5 nitrogen and oxygen atoms in total. The Kier molecular flexibility index (Phi) is 4.59. The lowest BCUT2D eigenvalue weighted by Crippen LogP contribution is -2.22. The summed E-state index contributed by atoms with van der Waals surface area (Å²) >= 11 is 4.34. The number of primary sulfonamides is 1. The summed E-state index contributed by atoms with van der Waals surface area (Å²) in [6.07, 6.45) is 0. The van der Waals surface area contributed by atoms with Crippen molar-refractivity contribution in [3.8, 4) is 0 Å². The van der Waals surface area contributed by atoms with Crippen LogP contribution in [0, 0.1) is 0 Å². The van der Waals surface area contributed by atoms with Crippen LogP contribution in [0.3, 0.4) is 0 Å². The zero-order valence-electron chi connectivity index (χ0n) is 10.2. The molecule has 20 heavy (non-hydrogen) atoms. The number of benzene rings is 1. The molecule has 0 saturated heterocycles. The monoisotopic (exact) mass is 374 g/mol. The molecule has 8 heteroatoms. The maximum Gasteiger partial charge on any atom is 0.251 e. The van der Waals surface area contributed by atoms with Crippen LogP contribution in [0.5, 0.6) is 0 Å². The summed E-state index contributed by atoms with van der Waals surface area (Å²) in [6.45, 7) is 0.259. The van der Waals surface area contributed by atoms with E-state index < -0.39 is 10.0 Å². The van der Waals surface area contributed by atoms with E-state index in [4.69, 9.17) is 5.14 Å². The van der Waals surface area contributed by atoms with Crippen molar-refractivity contribution in [1.82, 2.24) is 5.32 Å². The van der Waals surface area contributed by atoms with E-state index in [1.54, 1.807) is 30.3 Å². The Hall–Kier alpha value is -1.22. The van der Waals surface area contributed by atoms with Crippen molar-refractivity contribution < 1.29 is 13.2 Å². The van der Waals surface area contributed by atoms with Gasteiger partial charge in [0.25, 0.3) is 5.91 Å². The quantitative estimate of drug-likeness (QED) is 0.858. The van der Waals surface area contributed by atoms with Crippen molar-refractivity contribution in [2.45, 2.75) is 10.8 Å². The van der Waals surface area contributed by atoms with Crippen molar-refractivity contribution in [1.29, 1.82) is 0 Å². The van der Waals surface area contributed by atoms with E-state index in [0.717, 1.165) is 20.7 Å². The lowest BCUT2D eigenvalue weighted by Gasteiger charge is -2.03. The number of hydrogen-bond acceptors (Lipinski definition) is 4. The molecule has 106 valence electrons. The molecule has 2 rings (SSSR count). The lowest BCUT2D eigenvalue weighted by atomic mass is 10.2. The zero-order valence-corrected chi connectivity index (χ0v) is 13.4. The van der Waals surface area contributed by atoms with E-state index in [9.17, 15) is 13.2 Å². The van der Waals surface area contributed by atoms with E-state index in [1.165, 1.54) is 6.07 Å². The molecule has 0 aliphatic carbocycles. The minimum atomic E-state index is -3.68. The highest BCUT2D eigenvalue weighted by molar-refractivity contribution is 9.10. The van der Waals surface area contributed by atoms with Crippen LogP contribution < -0.4 is 10.5 Å². The molecule has 0 atom stereocenters. The average molecular weight is 375 g/mol. The van der Waals surface area contributed by atoms with Gasteiger partial charge in [0.15, 0.2) is 0 Å². The van der Waals surface area contributed by atoms with Crippen molar-refractivity contribution in [3.63, 3.8) is 0 Å². The van der Waals surface area contributed by atoms with Crippen molar-refractivity contribution >= 4 is 43.2 Å². The van der Waals surface area contributed by atoms with E-state index in [-0.39, 0.29) is 16.7 Å². The largest absolute Gasteiger partial charge is 0.347 e. The van der Waals surface area contributed by atoms with E-state index >= 15 is 0 Å². The number of sulfonamides is 1. The van der Waals surface area contributed by atoms with Gasteiger partial charge in [0.2, 0.25) is 10.0 Å². The number of thiophene rings is 1. The second-order valence-corrected chi connectivity index (χ2v) is 7.83. The Morgan fingerprint density at radius 1 is 1.20 bits per heavy atom. The number of carbonyl (C=O) groups excluding carboxylic acids is 1. The molecule has 0 aliphatic rings. The fourth-order valence-corrected chi connectivity index (χ4v) is 3.46. The van der Waals surface area contributed by atoms with Gasteiger partial charge >= 0.3 is 0 Å². The molecule has 1 aromatic heterocycles. The van der Waals surface area contributed by atoms with Gasteiger partial charge < -0.3 is 5.32 Å². The number of nitrogens with one attached hydrogen (secondary N) is 1. The van der Waals surface area contributed by atoms with Crippen molar-refractivity contribution in [2.75, 3.05) is 0 Å². The molecule has 0 saturated carbocycles. The van der Waals surface area contributed by atoms with Crippen LogP contribution in [0.1, 0.15) is 15.2 Å². The first-order valence-electron chi connectivity index (χ1n) is 5.51. The first-order chi connectivity index (χ1) is 9.36. The average Bonchev–Trinajstić information content (AvgIpc) is 2.85. The SMILES string of the molecule is NS(=O)(=O)c1ccc(CNC(=O)c2ccc(Br)cc2)s1. The summed E-state index contributed by atoms with van der Waals surface area (Å²) in [7, 11) is -3.68. The number of rotatable bonds is 4. The smallest absolute Gasteiger partial charge is 0.251 e. The van der Waals surface area contributed by atoms with Crippen LogP contribution in [0.25, 0.3) is 0 Å². The van der Waals surface area contributed by atoms with Crippen LogP contribution in [0.2, 0.25) is 0 Å². The van der Waals surface area contributed by atoms with Gasteiger partial charge in [-0.2, -0.15) is 0 Å². The van der Waals surface area contributed by atoms with Crippen LogP contribution in [0.4, 0.5) is 0 Å². The Bertz CT molecular complexity index is 723. The topological polar surface area (TPSA) is 89.3 Å². The third-order valence-electron chi connectivity index (χ3n) is 2.45. The first kappa shape index (κ1) is 15.2. The van der Waals surface area contributed by atoms with Crippen LogP contribution in [-0.4, -0.2) is 14.3 Å². The molecule has 1 amide bonds. The summed E-state index contributed by atoms with van der Waals surface area (Å²) in [5.74, 6) is -0.219. The van der Waals surface area contributed by atoms with Gasteiger partial charge in [-0.05, 0) is 36.4 Å². The number of halogens is 1. The third-order valence-corrected chi connectivity index (χ3v) is 5.50. The zero-order chi connectivity index (χ0) is 14.8. The molecular weight excluding hydrogens is 364 g/mol. The fraction of sp³-hybridized carbons (Fsp3) is 0.0833. The van der Waals surface area contributed by atoms with Gasteiger partial charge in [-0.1, -0.05) is 15.9 Å². The Labute approximate surface area is 129 Å². The predicted octanol–water partition coefficient (Wildman–Crippen LogP) is 2.09. The molecule has 1 aromatic carbocycles. The number of carbonyl (C=O) groups is 1. The second-order valence-electron chi connectivity index (χ2n) is 3.96. The van der Waals surface area contributed by atoms with E-state index in [0.29, 0.717) is 5.56 Å². The second kappa shape index (κ2) is 6.04. The molecule has 0 unspecified atom stereocenters. The van der Waals surface area contributed by atoms with Gasteiger partial charge in [0.05, 0.1) is 6.54 Å². The van der Waals surface area contributed by atoms with Gasteiger partial charge in [-0.25, -0.2) is 13.6 Å². The van der Waals surface area contributed by atoms with Gasteiger partial charge in [0.1, 0.15) is 4.21 Å². The van der Waals surface area contributed by atoms with Crippen LogP contribution in [-0.2, 0) is 16.6 Å². The molecular formula is C12H11BrN2O3S2. The normalized spacial score (nSPS) is 11.3. The van der Waals surface area contributed by atoms with Crippen molar-refractivity contribution in [3.05, 3.63) is 51.3 Å². The summed E-state index contributed by atoms with van der Waals surface area (Å²) in [5, 5.41) is 7.74. The molecule has 2 aromatic rings. The molecule has 3 N–H and O–H groups in total. The Morgan fingerprint density at radius 2 is 1.85 bits per heavy atom. The third kappa shape index (κ3) is 3.89.